The Hall–Kier alpha value is -0.590. The van der Waals surface area contributed by atoms with Crippen molar-refractivity contribution in [1.82, 2.24) is 4.90 Å². The summed E-state index contributed by atoms with van der Waals surface area (Å²) in [5, 5.41) is 8.81. The molecule has 102 valence electrons. The summed E-state index contributed by atoms with van der Waals surface area (Å²) in [5.41, 5.74) is 0.213. The average molecular weight is 250 g/mol. The van der Waals surface area contributed by atoms with Crippen molar-refractivity contribution in [3.8, 4) is 6.07 Å². The van der Waals surface area contributed by atoms with Crippen molar-refractivity contribution in [3.63, 3.8) is 0 Å². The van der Waals surface area contributed by atoms with Gasteiger partial charge in [0.15, 0.2) is 0 Å². The Labute approximate surface area is 111 Å². The zero-order valence-electron chi connectivity index (χ0n) is 11.8. The number of nitrogens with zero attached hydrogens (tertiary/aromatic N) is 2. The van der Waals surface area contributed by atoms with Crippen LogP contribution in [0.25, 0.3) is 0 Å². The fourth-order valence-corrected chi connectivity index (χ4v) is 3.32. The molecule has 1 unspecified atom stereocenters. The molecule has 1 heterocycles. The molecular weight excluding hydrogens is 224 g/mol. The first-order valence-electron chi connectivity index (χ1n) is 7.40. The van der Waals surface area contributed by atoms with Gasteiger partial charge in [-0.05, 0) is 38.0 Å². The Balaban J connectivity index is 1.93. The third-order valence-electron chi connectivity index (χ3n) is 4.36. The lowest BCUT2D eigenvalue weighted by atomic mass is 9.73. The molecule has 0 aromatic carbocycles. The van der Waals surface area contributed by atoms with Gasteiger partial charge in [0.2, 0.25) is 0 Å². The van der Waals surface area contributed by atoms with Crippen LogP contribution in [-0.4, -0.2) is 36.2 Å². The van der Waals surface area contributed by atoms with E-state index in [1.165, 1.54) is 25.7 Å². The topological polar surface area (TPSA) is 36.3 Å². The highest BCUT2D eigenvalue weighted by Crippen LogP contribution is 2.43. The molecular formula is C15H26N2O. The first-order chi connectivity index (χ1) is 8.65. The normalized spacial score (nSPS) is 26.3. The van der Waals surface area contributed by atoms with E-state index in [9.17, 15) is 0 Å². The van der Waals surface area contributed by atoms with Crippen LogP contribution in [0.15, 0.2) is 0 Å². The van der Waals surface area contributed by atoms with E-state index in [0.29, 0.717) is 18.4 Å². The summed E-state index contributed by atoms with van der Waals surface area (Å²) in [4.78, 5) is 2.54. The van der Waals surface area contributed by atoms with Crippen molar-refractivity contribution in [1.29, 1.82) is 5.26 Å². The lowest BCUT2D eigenvalue weighted by Crippen LogP contribution is -2.52. The van der Waals surface area contributed by atoms with Crippen LogP contribution < -0.4 is 0 Å². The van der Waals surface area contributed by atoms with E-state index >= 15 is 0 Å². The number of ether oxygens (including phenoxy) is 1. The molecule has 1 aliphatic heterocycles. The second-order valence-corrected chi connectivity index (χ2v) is 6.33. The number of rotatable bonds is 5. The molecule has 0 aromatic heterocycles. The van der Waals surface area contributed by atoms with E-state index in [1.54, 1.807) is 0 Å². The summed E-state index contributed by atoms with van der Waals surface area (Å²) in [5.74, 6) is 0.670. The maximum Gasteiger partial charge on any atom is 0.0697 e. The van der Waals surface area contributed by atoms with Crippen LogP contribution >= 0.6 is 0 Å². The van der Waals surface area contributed by atoms with E-state index in [1.807, 2.05) is 0 Å². The molecule has 1 saturated carbocycles. The average Bonchev–Trinajstić information content (AvgIpc) is 2.32. The molecule has 1 saturated heterocycles. The van der Waals surface area contributed by atoms with Crippen molar-refractivity contribution < 1.29 is 4.74 Å². The van der Waals surface area contributed by atoms with Gasteiger partial charge in [0, 0.05) is 32.2 Å². The van der Waals surface area contributed by atoms with Gasteiger partial charge in [-0.1, -0.05) is 13.8 Å². The minimum absolute atomic E-state index is 0.213. The van der Waals surface area contributed by atoms with Crippen molar-refractivity contribution >= 4 is 0 Å². The maximum atomic E-state index is 8.81. The van der Waals surface area contributed by atoms with E-state index < -0.39 is 0 Å². The van der Waals surface area contributed by atoms with E-state index in [0.717, 1.165) is 26.1 Å². The van der Waals surface area contributed by atoms with Gasteiger partial charge in [-0.15, -0.1) is 0 Å². The Bertz CT molecular complexity index is 304. The minimum Gasteiger partial charge on any atom is -0.375 e. The smallest absolute Gasteiger partial charge is 0.0697 e. The van der Waals surface area contributed by atoms with Crippen LogP contribution in [0.1, 0.15) is 52.4 Å². The van der Waals surface area contributed by atoms with Crippen LogP contribution in [0.2, 0.25) is 0 Å². The molecule has 0 aromatic rings. The van der Waals surface area contributed by atoms with Gasteiger partial charge in [0.1, 0.15) is 0 Å². The third-order valence-corrected chi connectivity index (χ3v) is 4.36. The Morgan fingerprint density at radius 2 is 2.22 bits per heavy atom. The molecule has 1 aliphatic carbocycles. The first kappa shape index (κ1) is 13.8. The SMILES string of the molecule is CC(C)CN(CCC#N)C1CCOC2(CCC2)C1. The van der Waals surface area contributed by atoms with Gasteiger partial charge in [-0.25, -0.2) is 0 Å². The fourth-order valence-electron chi connectivity index (χ4n) is 3.32. The molecule has 3 nitrogen and oxygen atoms in total. The van der Waals surface area contributed by atoms with Crippen molar-refractivity contribution in [2.45, 2.75) is 64.0 Å². The van der Waals surface area contributed by atoms with E-state index in [4.69, 9.17) is 10.00 Å². The second kappa shape index (κ2) is 6.04. The first-order valence-corrected chi connectivity index (χ1v) is 7.40. The van der Waals surface area contributed by atoms with Crippen molar-refractivity contribution in [2.75, 3.05) is 19.7 Å². The molecule has 1 spiro atoms. The van der Waals surface area contributed by atoms with Gasteiger partial charge < -0.3 is 4.74 Å². The van der Waals surface area contributed by atoms with Gasteiger partial charge >= 0.3 is 0 Å². The summed E-state index contributed by atoms with van der Waals surface area (Å²) >= 11 is 0. The number of hydrogen-bond donors (Lipinski definition) is 0. The van der Waals surface area contributed by atoms with Crippen molar-refractivity contribution in [3.05, 3.63) is 0 Å². The van der Waals surface area contributed by atoms with Gasteiger partial charge in [-0.3, -0.25) is 4.90 Å². The van der Waals surface area contributed by atoms with Crippen molar-refractivity contribution in [2.24, 2.45) is 5.92 Å². The lowest BCUT2D eigenvalue weighted by molar-refractivity contribution is -0.149. The predicted molar refractivity (Wildman–Crippen MR) is 72.2 cm³/mol. The highest BCUT2D eigenvalue weighted by molar-refractivity contribution is 4.97. The van der Waals surface area contributed by atoms with Gasteiger partial charge in [0.25, 0.3) is 0 Å². The maximum absolute atomic E-state index is 8.81. The summed E-state index contributed by atoms with van der Waals surface area (Å²) in [6, 6.07) is 2.92. The lowest BCUT2D eigenvalue weighted by Gasteiger charge is -2.49. The highest BCUT2D eigenvalue weighted by atomic mass is 16.5. The largest absolute Gasteiger partial charge is 0.375 e. The third kappa shape index (κ3) is 3.24. The van der Waals surface area contributed by atoms with Crippen LogP contribution in [0.5, 0.6) is 0 Å². The number of nitriles is 1. The van der Waals surface area contributed by atoms with Gasteiger partial charge in [0.05, 0.1) is 11.7 Å². The zero-order valence-corrected chi connectivity index (χ0v) is 11.8. The summed E-state index contributed by atoms with van der Waals surface area (Å²) in [6.45, 7) is 7.47. The molecule has 2 aliphatic rings. The molecule has 0 N–H and O–H groups in total. The Kier molecular flexibility index (Phi) is 4.64. The number of hydrogen-bond acceptors (Lipinski definition) is 3. The standard InChI is InChI=1S/C15H26N2O/c1-13(2)12-17(9-4-8-16)14-5-10-18-15(11-14)6-3-7-15/h13-14H,3-7,9-12H2,1-2H3. The molecule has 0 radical (unpaired) electrons. The molecule has 18 heavy (non-hydrogen) atoms. The molecule has 0 amide bonds. The summed E-state index contributed by atoms with van der Waals surface area (Å²) in [6.07, 6.45) is 6.80. The zero-order chi connectivity index (χ0) is 13.0. The molecule has 3 heteroatoms. The fraction of sp³-hybridized carbons (Fsp3) is 0.933. The summed E-state index contributed by atoms with van der Waals surface area (Å²) < 4.78 is 6.00. The molecule has 2 rings (SSSR count). The van der Waals surface area contributed by atoms with Crippen LogP contribution in [-0.2, 0) is 4.74 Å². The molecule has 2 fully saturated rings. The minimum atomic E-state index is 0.213. The van der Waals surface area contributed by atoms with E-state index in [-0.39, 0.29) is 5.60 Å². The summed E-state index contributed by atoms with van der Waals surface area (Å²) in [7, 11) is 0. The molecule has 1 atom stereocenters. The Morgan fingerprint density at radius 3 is 2.78 bits per heavy atom. The second-order valence-electron chi connectivity index (χ2n) is 6.33. The molecule has 0 bridgehead atoms. The predicted octanol–water partition coefficient (Wildman–Crippen LogP) is 2.96. The van der Waals surface area contributed by atoms with Crippen LogP contribution in [0, 0.1) is 17.2 Å². The van der Waals surface area contributed by atoms with E-state index in [2.05, 4.69) is 24.8 Å². The monoisotopic (exact) mass is 250 g/mol. The Morgan fingerprint density at radius 1 is 1.44 bits per heavy atom. The van der Waals surface area contributed by atoms with Crippen LogP contribution in [0.4, 0.5) is 0 Å². The quantitative estimate of drug-likeness (QED) is 0.752. The highest BCUT2D eigenvalue weighted by Gasteiger charge is 2.43. The van der Waals surface area contributed by atoms with Crippen LogP contribution in [0.3, 0.4) is 0 Å². The van der Waals surface area contributed by atoms with Gasteiger partial charge in [-0.2, -0.15) is 5.26 Å².